The summed E-state index contributed by atoms with van der Waals surface area (Å²) < 4.78 is 12.8. The number of aromatic nitrogens is 1. The first kappa shape index (κ1) is 14.4. The van der Waals surface area contributed by atoms with Crippen LogP contribution in [0.1, 0.15) is 17.0 Å². The van der Waals surface area contributed by atoms with Gasteiger partial charge in [0, 0.05) is 23.1 Å². The summed E-state index contributed by atoms with van der Waals surface area (Å²) in [6.45, 7) is 4.17. The fourth-order valence-corrected chi connectivity index (χ4v) is 2.99. The number of aryl methyl sites for hydroxylation is 1. The quantitative estimate of drug-likeness (QED) is 0.654. The van der Waals surface area contributed by atoms with E-state index in [4.69, 9.17) is 9.47 Å². The maximum absolute atomic E-state index is 11.7. The van der Waals surface area contributed by atoms with Crippen molar-refractivity contribution >= 4 is 18.0 Å². The Kier molecular flexibility index (Phi) is 3.09. The zero-order chi connectivity index (χ0) is 16.8. The van der Waals surface area contributed by atoms with E-state index in [0.717, 1.165) is 28.4 Å². The molecule has 2 N–H and O–H groups in total. The molecule has 0 bridgehead atoms. The first-order valence-corrected chi connectivity index (χ1v) is 7.46. The molecule has 3 amide bonds. The summed E-state index contributed by atoms with van der Waals surface area (Å²) in [7, 11) is 0. The number of benzene rings is 1. The molecule has 7 heteroatoms. The smallest absolute Gasteiger partial charge is 0.326 e. The average molecular weight is 325 g/mol. The highest BCUT2D eigenvalue weighted by atomic mass is 16.7. The Bertz CT molecular complexity index is 911. The van der Waals surface area contributed by atoms with Crippen molar-refractivity contribution in [1.82, 2.24) is 15.2 Å². The minimum Gasteiger partial charge on any atom is -0.454 e. The number of imide groups is 1. The summed E-state index contributed by atoms with van der Waals surface area (Å²) in [6, 6.07) is 7.21. The molecule has 122 valence electrons. The largest absolute Gasteiger partial charge is 0.454 e. The predicted molar refractivity (Wildman–Crippen MR) is 86.0 cm³/mol. The highest BCUT2D eigenvalue weighted by molar-refractivity contribution is 6.14. The molecule has 3 heterocycles. The van der Waals surface area contributed by atoms with E-state index in [2.05, 4.69) is 15.2 Å². The number of urea groups is 1. The second-order valence-electron chi connectivity index (χ2n) is 5.67. The monoisotopic (exact) mass is 325 g/mol. The molecular formula is C17H15N3O4. The van der Waals surface area contributed by atoms with Gasteiger partial charge >= 0.3 is 6.03 Å². The number of carbonyl (C=O) groups excluding carboxylic acids is 2. The third kappa shape index (κ3) is 2.21. The van der Waals surface area contributed by atoms with Crippen LogP contribution >= 0.6 is 0 Å². The number of rotatable bonds is 2. The van der Waals surface area contributed by atoms with Gasteiger partial charge in [0.2, 0.25) is 6.79 Å². The van der Waals surface area contributed by atoms with Crippen molar-refractivity contribution < 1.29 is 19.1 Å². The van der Waals surface area contributed by atoms with Crippen LogP contribution in [-0.2, 0) is 4.79 Å². The SMILES string of the molecule is Cc1cc(/C=C2\NC(=O)NC2=O)c(C)n1-c1ccc2c(c1)OCO2. The number of carbonyl (C=O) groups is 2. The second-order valence-corrected chi connectivity index (χ2v) is 5.67. The van der Waals surface area contributed by atoms with Crippen molar-refractivity contribution in [2.45, 2.75) is 13.8 Å². The number of amides is 3. The van der Waals surface area contributed by atoms with Crippen LogP contribution in [0.25, 0.3) is 11.8 Å². The van der Waals surface area contributed by atoms with Crippen LogP contribution in [-0.4, -0.2) is 23.3 Å². The first-order valence-electron chi connectivity index (χ1n) is 7.46. The summed E-state index contributed by atoms with van der Waals surface area (Å²) in [5.41, 5.74) is 4.00. The van der Waals surface area contributed by atoms with E-state index in [9.17, 15) is 9.59 Å². The Labute approximate surface area is 137 Å². The number of nitrogens with zero attached hydrogens (tertiary/aromatic N) is 1. The highest BCUT2D eigenvalue weighted by Gasteiger charge is 2.24. The van der Waals surface area contributed by atoms with Crippen LogP contribution in [0, 0.1) is 13.8 Å². The zero-order valence-corrected chi connectivity index (χ0v) is 13.2. The van der Waals surface area contributed by atoms with Gasteiger partial charge in [-0.05, 0) is 43.7 Å². The molecule has 0 aliphatic carbocycles. The fourth-order valence-electron chi connectivity index (χ4n) is 2.99. The molecule has 1 fully saturated rings. The summed E-state index contributed by atoms with van der Waals surface area (Å²) in [4.78, 5) is 22.9. The lowest BCUT2D eigenvalue weighted by Gasteiger charge is -2.10. The molecule has 24 heavy (non-hydrogen) atoms. The number of nitrogens with one attached hydrogen (secondary N) is 2. The third-order valence-corrected chi connectivity index (χ3v) is 4.10. The number of hydrogen-bond donors (Lipinski definition) is 2. The van der Waals surface area contributed by atoms with Crippen molar-refractivity contribution in [2.24, 2.45) is 0 Å². The lowest BCUT2D eigenvalue weighted by molar-refractivity contribution is -0.115. The van der Waals surface area contributed by atoms with Crippen LogP contribution in [0.4, 0.5) is 4.79 Å². The van der Waals surface area contributed by atoms with Gasteiger partial charge in [-0.15, -0.1) is 0 Å². The molecule has 2 aliphatic rings. The number of fused-ring (bicyclic) bond motifs is 1. The molecule has 0 radical (unpaired) electrons. The van der Waals surface area contributed by atoms with E-state index in [1.54, 1.807) is 6.08 Å². The number of hydrogen-bond acceptors (Lipinski definition) is 4. The van der Waals surface area contributed by atoms with Crippen LogP contribution in [0.15, 0.2) is 30.0 Å². The summed E-state index contributed by atoms with van der Waals surface area (Å²) in [5.74, 6) is 1.02. The second kappa shape index (κ2) is 5.16. The molecule has 0 atom stereocenters. The van der Waals surface area contributed by atoms with Gasteiger partial charge in [0.25, 0.3) is 5.91 Å². The van der Waals surface area contributed by atoms with Gasteiger partial charge in [-0.3, -0.25) is 10.1 Å². The van der Waals surface area contributed by atoms with Crippen molar-refractivity contribution in [3.05, 3.63) is 46.9 Å². The summed E-state index contributed by atoms with van der Waals surface area (Å²) in [6.07, 6.45) is 1.67. The summed E-state index contributed by atoms with van der Waals surface area (Å²) in [5, 5.41) is 4.69. The van der Waals surface area contributed by atoms with E-state index in [-0.39, 0.29) is 12.5 Å². The standard InChI is InChI=1S/C17H15N3O4/c1-9-5-11(6-13-16(21)19-17(22)18-13)10(2)20(9)12-3-4-14-15(7-12)24-8-23-14/h3-7H,8H2,1-2H3,(H2,18,19,21,22)/b13-6-. The van der Waals surface area contributed by atoms with Gasteiger partial charge in [-0.1, -0.05) is 0 Å². The van der Waals surface area contributed by atoms with E-state index in [0.29, 0.717) is 5.75 Å². The van der Waals surface area contributed by atoms with E-state index < -0.39 is 11.9 Å². The Hall–Kier alpha value is -3.22. The van der Waals surface area contributed by atoms with Crippen LogP contribution < -0.4 is 20.1 Å². The summed E-state index contributed by atoms with van der Waals surface area (Å²) >= 11 is 0. The molecule has 1 aromatic carbocycles. The Balaban J connectivity index is 1.76. The molecule has 2 aliphatic heterocycles. The van der Waals surface area contributed by atoms with Crippen LogP contribution in [0.3, 0.4) is 0 Å². The fraction of sp³-hybridized carbons (Fsp3) is 0.176. The van der Waals surface area contributed by atoms with Crippen LogP contribution in [0.2, 0.25) is 0 Å². The predicted octanol–water partition coefficient (Wildman–Crippen LogP) is 2.00. The van der Waals surface area contributed by atoms with Crippen LogP contribution in [0.5, 0.6) is 11.5 Å². The van der Waals surface area contributed by atoms with Gasteiger partial charge in [0.15, 0.2) is 11.5 Å². The number of ether oxygens (including phenoxy) is 2. The molecule has 4 rings (SSSR count). The zero-order valence-electron chi connectivity index (χ0n) is 13.2. The minimum atomic E-state index is -0.504. The van der Waals surface area contributed by atoms with Crippen molar-refractivity contribution in [3.8, 4) is 17.2 Å². The van der Waals surface area contributed by atoms with Gasteiger partial charge < -0.3 is 19.4 Å². The molecule has 7 nitrogen and oxygen atoms in total. The maximum Gasteiger partial charge on any atom is 0.326 e. The van der Waals surface area contributed by atoms with Gasteiger partial charge in [-0.2, -0.15) is 0 Å². The van der Waals surface area contributed by atoms with E-state index in [1.807, 2.05) is 38.1 Å². The van der Waals surface area contributed by atoms with Gasteiger partial charge in [0.1, 0.15) is 5.70 Å². The molecule has 0 unspecified atom stereocenters. The lowest BCUT2D eigenvalue weighted by atomic mass is 10.2. The molecule has 2 aromatic rings. The van der Waals surface area contributed by atoms with E-state index in [1.165, 1.54) is 0 Å². The van der Waals surface area contributed by atoms with Crippen molar-refractivity contribution in [2.75, 3.05) is 6.79 Å². The minimum absolute atomic E-state index is 0.231. The highest BCUT2D eigenvalue weighted by Crippen LogP contribution is 2.35. The topological polar surface area (TPSA) is 81.6 Å². The Morgan fingerprint density at radius 2 is 1.88 bits per heavy atom. The Morgan fingerprint density at radius 3 is 2.62 bits per heavy atom. The van der Waals surface area contributed by atoms with Crippen molar-refractivity contribution in [3.63, 3.8) is 0 Å². The first-order chi connectivity index (χ1) is 11.5. The molecular weight excluding hydrogens is 310 g/mol. The molecule has 0 saturated carbocycles. The average Bonchev–Trinajstić information content (AvgIpc) is 3.19. The third-order valence-electron chi connectivity index (χ3n) is 4.10. The Morgan fingerprint density at radius 1 is 1.08 bits per heavy atom. The maximum atomic E-state index is 11.7. The lowest BCUT2D eigenvalue weighted by Crippen LogP contribution is -2.22. The van der Waals surface area contributed by atoms with Gasteiger partial charge in [-0.25, -0.2) is 4.79 Å². The van der Waals surface area contributed by atoms with E-state index >= 15 is 0 Å². The molecule has 0 spiro atoms. The van der Waals surface area contributed by atoms with Gasteiger partial charge in [0.05, 0.1) is 0 Å². The molecule has 1 aromatic heterocycles. The van der Waals surface area contributed by atoms with Crippen molar-refractivity contribution in [1.29, 1.82) is 0 Å². The molecule has 1 saturated heterocycles. The normalized spacial score (nSPS) is 17.3.